The van der Waals surface area contributed by atoms with Crippen molar-refractivity contribution < 1.29 is 14.3 Å². The van der Waals surface area contributed by atoms with Crippen LogP contribution in [0.1, 0.15) is 24.1 Å². The number of carbonyl (C=O) groups is 2. The molecule has 1 aromatic heterocycles. The van der Waals surface area contributed by atoms with Gasteiger partial charge in [-0.25, -0.2) is 9.79 Å². The van der Waals surface area contributed by atoms with E-state index in [1.54, 1.807) is 42.2 Å². The number of esters is 1. The van der Waals surface area contributed by atoms with E-state index in [0.717, 1.165) is 11.3 Å². The summed E-state index contributed by atoms with van der Waals surface area (Å²) in [4.78, 5) is 46.8. The summed E-state index contributed by atoms with van der Waals surface area (Å²) < 4.78 is 6.71. The van der Waals surface area contributed by atoms with Crippen LogP contribution in [0.4, 0.5) is 5.69 Å². The lowest BCUT2D eigenvalue weighted by Gasteiger charge is -2.25. The summed E-state index contributed by atoms with van der Waals surface area (Å²) in [7, 11) is 1.28. The van der Waals surface area contributed by atoms with Crippen molar-refractivity contribution in [2.24, 2.45) is 4.99 Å². The normalized spacial score (nSPS) is 18.2. The fourth-order valence-electron chi connectivity index (χ4n) is 4.54. The van der Waals surface area contributed by atoms with Gasteiger partial charge in [-0.15, -0.1) is 6.58 Å². The van der Waals surface area contributed by atoms with Gasteiger partial charge in [0.1, 0.15) is 10.6 Å². The number of methoxy groups -OCH3 is 1. The van der Waals surface area contributed by atoms with Crippen molar-refractivity contribution in [2.75, 3.05) is 18.6 Å². The number of fused-ring (bicyclic) bond motifs is 2. The van der Waals surface area contributed by atoms with E-state index in [2.05, 4.69) is 11.6 Å². The molecular formula is C26H20ClN3O4S. The Labute approximate surface area is 209 Å². The molecule has 3 heterocycles. The molecule has 7 nitrogen and oxygen atoms in total. The predicted molar refractivity (Wildman–Crippen MR) is 135 cm³/mol. The van der Waals surface area contributed by atoms with Crippen LogP contribution in [-0.2, 0) is 14.3 Å². The summed E-state index contributed by atoms with van der Waals surface area (Å²) in [5.74, 6) is -0.886. The van der Waals surface area contributed by atoms with Gasteiger partial charge in [0, 0.05) is 17.1 Å². The highest BCUT2D eigenvalue weighted by Gasteiger charge is 2.37. The minimum absolute atomic E-state index is 0.219. The topological polar surface area (TPSA) is 81.0 Å². The summed E-state index contributed by atoms with van der Waals surface area (Å²) in [5.41, 5.74) is 2.47. The summed E-state index contributed by atoms with van der Waals surface area (Å²) in [6.45, 7) is 5.75. The van der Waals surface area contributed by atoms with Crippen LogP contribution >= 0.6 is 22.9 Å². The number of aromatic nitrogens is 1. The van der Waals surface area contributed by atoms with Crippen LogP contribution in [0.3, 0.4) is 0 Å². The quantitative estimate of drug-likeness (QED) is 0.403. The lowest BCUT2D eigenvalue weighted by atomic mass is 9.96. The molecule has 1 amide bonds. The van der Waals surface area contributed by atoms with Crippen molar-refractivity contribution in [3.8, 4) is 0 Å². The zero-order chi connectivity index (χ0) is 24.9. The molecule has 0 unspecified atom stereocenters. The van der Waals surface area contributed by atoms with Crippen molar-refractivity contribution in [1.82, 2.24) is 4.57 Å². The van der Waals surface area contributed by atoms with Crippen LogP contribution in [-0.4, -0.2) is 30.1 Å². The molecule has 5 rings (SSSR count). The van der Waals surface area contributed by atoms with Gasteiger partial charge in [0.05, 0.1) is 29.6 Å². The minimum Gasteiger partial charge on any atom is -0.466 e. The average Bonchev–Trinajstić information content (AvgIpc) is 3.31. The van der Waals surface area contributed by atoms with Crippen molar-refractivity contribution in [3.05, 3.63) is 108 Å². The number of hydrogen-bond acceptors (Lipinski definition) is 6. The van der Waals surface area contributed by atoms with Crippen LogP contribution < -0.4 is 19.8 Å². The Morgan fingerprint density at radius 3 is 2.63 bits per heavy atom. The highest BCUT2D eigenvalue weighted by Crippen LogP contribution is 2.36. The molecule has 0 aliphatic carbocycles. The van der Waals surface area contributed by atoms with Crippen molar-refractivity contribution >= 4 is 46.1 Å². The number of para-hydroxylation sites is 1. The third kappa shape index (κ3) is 3.48. The highest BCUT2D eigenvalue weighted by atomic mass is 35.5. The molecule has 0 fully saturated rings. The van der Waals surface area contributed by atoms with Gasteiger partial charge in [-0.1, -0.05) is 65.4 Å². The fourth-order valence-corrected chi connectivity index (χ4v) is 5.92. The SMILES string of the molecule is C=CCN1C(=O)/C(=c2\sc3n(c2=O)[C@@H](c2ccccc2Cl)C(C(=O)OC)=C(C)N=3)c2ccccc21. The molecule has 35 heavy (non-hydrogen) atoms. The molecule has 0 radical (unpaired) electrons. The Balaban J connectivity index is 1.86. The number of benzene rings is 2. The zero-order valence-electron chi connectivity index (χ0n) is 18.9. The fraction of sp³-hybridized carbons (Fsp3) is 0.154. The summed E-state index contributed by atoms with van der Waals surface area (Å²) in [6, 6.07) is 13.5. The third-order valence-electron chi connectivity index (χ3n) is 6.06. The molecule has 3 aromatic rings. The van der Waals surface area contributed by atoms with E-state index in [1.165, 1.54) is 11.7 Å². The van der Waals surface area contributed by atoms with E-state index in [9.17, 15) is 14.4 Å². The zero-order valence-corrected chi connectivity index (χ0v) is 20.5. The molecule has 176 valence electrons. The van der Waals surface area contributed by atoms with Gasteiger partial charge < -0.3 is 9.64 Å². The number of halogens is 1. The number of carbonyl (C=O) groups excluding carboxylic acids is 2. The summed E-state index contributed by atoms with van der Waals surface area (Å²) in [6.07, 6.45) is 1.64. The van der Waals surface area contributed by atoms with E-state index in [0.29, 0.717) is 44.5 Å². The van der Waals surface area contributed by atoms with E-state index < -0.39 is 17.6 Å². The number of nitrogens with zero attached hydrogens (tertiary/aromatic N) is 3. The van der Waals surface area contributed by atoms with Gasteiger partial charge >= 0.3 is 5.97 Å². The number of ether oxygens (including phenoxy) is 1. The number of anilines is 1. The Kier molecular flexibility index (Phi) is 5.78. The molecule has 0 bridgehead atoms. The first-order valence-electron chi connectivity index (χ1n) is 10.8. The maximum Gasteiger partial charge on any atom is 0.338 e. The average molecular weight is 506 g/mol. The Morgan fingerprint density at radius 1 is 1.20 bits per heavy atom. The van der Waals surface area contributed by atoms with Crippen LogP contribution in [0.15, 0.2) is 82.2 Å². The van der Waals surface area contributed by atoms with Gasteiger partial charge in [0.15, 0.2) is 4.80 Å². The first-order valence-corrected chi connectivity index (χ1v) is 12.0. The van der Waals surface area contributed by atoms with E-state index in [-0.39, 0.29) is 16.0 Å². The molecule has 0 saturated heterocycles. The molecule has 0 saturated carbocycles. The Hall–Kier alpha value is -3.75. The first-order chi connectivity index (χ1) is 16.9. The van der Waals surface area contributed by atoms with Crippen LogP contribution in [0, 0.1) is 0 Å². The van der Waals surface area contributed by atoms with Gasteiger partial charge in [-0.3, -0.25) is 14.2 Å². The van der Waals surface area contributed by atoms with Gasteiger partial charge in [-0.05, 0) is 24.6 Å². The highest BCUT2D eigenvalue weighted by molar-refractivity contribution is 7.07. The van der Waals surface area contributed by atoms with Gasteiger partial charge in [-0.2, -0.15) is 0 Å². The Morgan fingerprint density at radius 2 is 1.91 bits per heavy atom. The third-order valence-corrected chi connectivity index (χ3v) is 7.46. The van der Waals surface area contributed by atoms with Crippen LogP contribution in [0.2, 0.25) is 5.02 Å². The standard InChI is InChI=1S/C26H20ClN3O4S/c1-4-13-29-18-12-8-6-10-16(18)20(23(29)31)22-24(32)30-21(15-9-5-7-11-17(15)27)19(25(33)34-3)14(2)28-26(30)35-22/h4-12,21H,1,13H2,2-3H3/b22-20-/t21-/m0/s1. The van der Waals surface area contributed by atoms with Crippen LogP contribution in [0.5, 0.6) is 0 Å². The second-order valence-corrected chi connectivity index (χ2v) is 9.40. The summed E-state index contributed by atoms with van der Waals surface area (Å²) >= 11 is 7.64. The molecule has 0 spiro atoms. The number of thiazole rings is 1. The van der Waals surface area contributed by atoms with Crippen LogP contribution in [0.25, 0.3) is 5.57 Å². The molecule has 2 aliphatic rings. The maximum absolute atomic E-state index is 14.0. The van der Waals surface area contributed by atoms with E-state index >= 15 is 0 Å². The second-order valence-electron chi connectivity index (χ2n) is 8.01. The largest absolute Gasteiger partial charge is 0.466 e. The smallest absolute Gasteiger partial charge is 0.338 e. The first kappa shape index (κ1) is 23.0. The molecular weight excluding hydrogens is 486 g/mol. The lowest BCUT2D eigenvalue weighted by Crippen LogP contribution is -2.41. The number of allylic oxidation sites excluding steroid dienone is 1. The van der Waals surface area contributed by atoms with Gasteiger partial charge in [0.2, 0.25) is 0 Å². The van der Waals surface area contributed by atoms with E-state index in [1.807, 2.05) is 24.3 Å². The maximum atomic E-state index is 14.0. The second kappa shape index (κ2) is 8.79. The molecule has 0 N–H and O–H groups in total. The van der Waals surface area contributed by atoms with Crippen molar-refractivity contribution in [1.29, 1.82) is 0 Å². The molecule has 1 atom stereocenters. The van der Waals surface area contributed by atoms with E-state index in [4.69, 9.17) is 16.3 Å². The molecule has 9 heteroatoms. The number of hydrogen-bond donors (Lipinski definition) is 0. The Bertz CT molecular complexity index is 1630. The molecule has 2 aliphatic heterocycles. The number of amides is 1. The summed E-state index contributed by atoms with van der Waals surface area (Å²) in [5, 5.41) is 0.395. The molecule has 2 aromatic carbocycles. The van der Waals surface area contributed by atoms with Crippen molar-refractivity contribution in [2.45, 2.75) is 13.0 Å². The monoisotopic (exact) mass is 505 g/mol. The number of rotatable bonds is 4. The van der Waals surface area contributed by atoms with Crippen molar-refractivity contribution in [3.63, 3.8) is 0 Å². The minimum atomic E-state index is -0.849. The lowest BCUT2D eigenvalue weighted by molar-refractivity contribution is -0.136. The predicted octanol–water partition coefficient (Wildman–Crippen LogP) is 2.96. The van der Waals surface area contributed by atoms with Gasteiger partial charge in [0.25, 0.3) is 11.5 Å².